The number of likely N-dealkylation sites (tertiary alicyclic amines) is 1. The molecule has 0 aromatic heterocycles. The van der Waals surface area contributed by atoms with Gasteiger partial charge in [-0.25, -0.2) is 0 Å². The van der Waals surface area contributed by atoms with Gasteiger partial charge >= 0.3 is 0 Å². The highest BCUT2D eigenvalue weighted by Crippen LogP contribution is 2.17. The largest absolute Gasteiger partial charge is 0.338 e. The van der Waals surface area contributed by atoms with Crippen molar-refractivity contribution < 1.29 is 9.59 Å². The van der Waals surface area contributed by atoms with Crippen LogP contribution in [0.4, 0.5) is 5.69 Å². The number of benzene rings is 1. The van der Waals surface area contributed by atoms with E-state index in [4.69, 9.17) is 0 Å². The van der Waals surface area contributed by atoms with Gasteiger partial charge in [-0.15, -0.1) is 0 Å². The maximum Gasteiger partial charge on any atom is 0.248 e. The van der Waals surface area contributed by atoms with E-state index in [0.29, 0.717) is 13.0 Å². The lowest BCUT2D eigenvalue weighted by Gasteiger charge is -2.16. The summed E-state index contributed by atoms with van der Waals surface area (Å²) in [5.41, 5.74) is 2.76. The van der Waals surface area contributed by atoms with Crippen molar-refractivity contribution in [1.82, 2.24) is 4.90 Å². The molecular weight excluding hydrogens is 252 g/mol. The maximum atomic E-state index is 11.7. The van der Waals surface area contributed by atoms with E-state index in [1.165, 1.54) is 0 Å². The van der Waals surface area contributed by atoms with Crippen LogP contribution in [0.2, 0.25) is 0 Å². The molecule has 0 spiro atoms. The average molecular weight is 272 g/mol. The Morgan fingerprint density at radius 2 is 2.20 bits per heavy atom. The fourth-order valence-electron chi connectivity index (χ4n) is 2.28. The standard InChI is InChI=1S/C16H20N2O2/c1-12(2)9-15(19)17-14-6-3-5-13(10-14)11-18-8-4-7-16(18)20/h3,5-6,9-10H,4,7-8,11H2,1-2H3,(H,17,19). The van der Waals surface area contributed by atoms with E-state index in [9.17, 15) is 9.59 Å². The summed E-state index contributed by atoms with van der Waals surface area (Å²) in [7, 11) is 0. The third kappa shape index (κ3) is 3.95. The van der Waals surface area contributed by atoms with Crippen molar-refractivity contribution in [2.45, 2.75) is 33.2 Å². The molecule has 1 aromatic carbocycles. The van der Waals surface area contributed by atoms with E-state index >= 15 is 0 Å². The highest BCUT2D eigenvalue weighted by atomic mass is 16.2. The van der Waals surface area contributed by atoms with Crippen LogP contribution in [-0.4, -0.2) is 23.3 Å². The third-order valence-corrected chi connectivity index (χ3v) is 3.16. The van der Waals surface area contributed by atoms with Gasteiger partial charge < -0.3 is 10.2 Å². The van der Waals surface area contributed by atoms with E-state index in [0.717, 1.165) is 29.8 Å². The maximum absolute atomic E-state index is 11.7. The summed E-state index contributed by atoms with van der Waals surface area (Å²) in [4.78, 5) is 25.1. The van der Waals surface area contributed by atoms with Crippen LogP contribution in [0.5, 0.6) is 0 Å². The zero-order valence-electron chi connectivity index (χ0n) is 12.0. The Kier molecular flexibility index (Phi) is 4.56. The van der Waals surface area contributed by atoms with Crippen LogP contribution < -0.4 is 5.32 Å². The van der Waals surface area contributed by atoms with Crippen LogP contribution in [0.15, 0.2) is 35.9 Å². The van der Waals surface area contributed by atoms with Gasteiger partial charge in [-0.3, -0.25) is 9.59 Å². The Morgan fingerprint density at radius 3 is 2.85 bits per heavy atom. The molecule has 1 fully saturated rings. The molecule has 1 saturated heterocycles. The first-order chi connectivity index (χ1) is 9.54. The van der Waals surface area contributed by atoms with Gasteiger partial charge in [0.05, 0.1) is 0 Å². The van der Waals surface area contributed by atoms with Crippen molar-refractivity contribution in [2.24, 2.45) is 0 Å². The second kappa shape index (κ2) is 6.37. The van der Waals surface area contributed by atoms with Crippen molar-refractivity contribution in [3.8, 4) is 0 Å². The average Bonchev–Trinajstić information content (AvgIpc) is 2.74. The van der Waals surface area contributed by atoms with Crippen molar-refractivity contribution in [1.29, 1.82) is 0 Å². The topological polar surface area (TPSA) is 49.4 Å². The van der Waals surface area contributed by atoms with E-state index < -0.39 is 0 Å². The molecule has 0 aliphatic carbocycles. The zero-order valence-corrected chi connectivity index (χ0v) is 12.0. The predicted octanol–water partition coefficient (Wildman–Crippen LogP) is 2.71. The highest BCUT2D eigenvalue weighted by molar-refractivity contribution is 5.99. The molecule has 0 unspecified atom stereocenters. The molecule has 0 atom stereocenters. The first kappa shape index (κ1) is 14.3. The Hall–Kier alpha value is -2.10. The lowest BCUT2D eigenvalue weighted by Crippen LogP contribution is -2.23. The van der Waals surface area contributed by atoms with E-state index in [2.05, 4.69) is 5.32 Å². The van der Waals surface area contributed by atoms with Gasteiger partial charge in [-0.1, -0.05) is 17.7 Å². The lowest BCUT2D eigenvalue weighted by molar-refractivity contribution is -0.128. The van der Waals surface area contributed by atoms with E-state index in [1.54, 1.807) is 6.08 Å². The summed E-state index contributed by atoms with van der Waals surface area (Å²) < 4.78 is 0. The number of carbonyl (C=O) groups is 2. The molecule has 2 rings (SSSR count). The van der Waals surface area contributed by atoms with Gasteiger partial charge in [0.1, 0.15) is 0 Å². The molecule has 106 valence electrons. The molecule has 1 N–H and O–H groups in total. The molecule has 1 aromatic rings. The first-order valence-corrected chi connectivity index (χ1v) is 6.87. The molecule has 2 amide bonds. The number of rotatable bonds is 4. The van der Waals surface area contributed by atoms with Crippen molar-refractivity contribution >= 4 is 17.5 Å². The molecule has 0 saturated carbocycles. The smallest absolute Gasteiger partial charge is 0.248 e. The minimum Gasteiger partial charge on any atom is -0.338 e. The first-order valence-electron chi connectivity index (χ1n) is 6.87. The van der Waals surface area contributed by atoms with E-state index in [-0.39, 0.29) is 11.8 Å². The predicted molar refractivity (Wildman–Crippen MR) is 79.2 cm³/mol. The number of amides is 2. The Balaban J connectivity index is 2.02. The molecule has 1 heterocycles. The zero-order chi connectivity index (χ0) is 14.5. The lowest BCUT2D eigenvalue weighted by atomic mass is 10.2. The SMILES string of the molecule is CC(C)=CC(=O)Nc1cccc(CN2CCCC2=O)c1. The van der Waals surface area contributed by atoms with Crippen molar-refractivity contribution in [2.75, 3.05) is 11.9 Å². The fraction of sp³-hybridized carbons (Fsp3) is 0.375. The van der Waals surface area contributed by atoms with Crippen LogP contribution in [0.3, 0.4) is 0 Å². The van der Waals surface area contributed by atoms with Gasteiger partial charge in [0.15, 0.2) is 0 Å². The summed E-state index contributed by atoms with van der Waals surface area (Å²) in [6, 6.07) is 7.64. The fourth-order valence-corrected chi connectivity index (χ4v) is 2.28. The van der Waals surface area contributed by atoms with Crippen molar-refractivity contribution in [3.05, 3.63) is 41.5 Å². The number of allylic oxidation sites excluding steroid dienone is 1. The summed E-state index contributed by atoms with van der Waals surface area (Å²) in [6.07, 6.45) is 3.16. The molecule has 1 aliphatic heterocycles. The molecule has 20 heavy (non-hydrogen) atoms. The quantitative estimate of drug-likeness (QED) is 0.857. The Labute approximate surface area is 119 Å². The summed E-state index contributed by atoms with van der Waals surface area (Å²) in [6.45, 7) is 5.21. The molecule has 0 radical (unpaired) electrons. The second-order valence-corrected chi connectivity index (χ2v) is 5.33. The van der Waals surface area contributed by atoms with E-state index in [1.807, 2.05) is 43.0 Å². The Morgan fingerprint density at radius 1 is 1.40 bits per heavy atom. The molecule has 1 aliphatic rings. The van der Waals surface area contributed by atoms with Crippen molar-refractivity contribution in [3.63, 3.8) is 0 Å². The highest BCUT2D eigenvalue weighted by Gasteiger charge is 2.19. The summed E-state index contributed by atoms with van der Waals surface area (Å²) >= 11 is 0. The number of carbonyl (C=O) groups excluding carboxylic acids is 2. The monoisotopic (exact) mass is 272 g/mol. The second-order valence-electron chi connectivity index (χ2n) is 5.33. The third-order valence-electron chi connectivity index (χ3n) is 3.16. The summed E-state index contributed by atoms with van der Waals surface area (Å²) in [5, 5.41) is 2.83. The molecule has 4 nitrogen and oxygen atoms in total. The number of anilines is 1. The van der Waals surface area contributed by atoms with Crippen LogP contribution in [0, 0.1) is 0 Å². The number of hydrogen-bond acceptors (Lipinski definition) is 2. The van der Waals surface area contributed by atoms with Crippen LogP contribution >= 0.6 is 0 Å². The number of hydrogen-bond donors (Lipinski definition) is 1. The van der Waals surface area contributed by atoms with Gasteiger partial charge in [0, 0.05) is 31.3 Å². The number of nitrogens with zero attached hydrogens (tertiary/aromatic N) is 1. The molecule has 4 heteroatoms. The molecule has 0 bridgehead atoms. The normalized spacial score (nSPS) is 14.3. The molecular formula is C16H20N2O2. The van der Waals surface area contributed by atoms with Gasteiger partial charge in [0.2, 0.25) is 11.8 Å². The van der Waals surface area contributed by atoms with Crippen LogP contribution in [0.1, 0.15) is 32.3 Å². The van der Waals surface area contributed by atoms with Crippen LogP contribution in [-0.2, 0) is 16.1 Å². The number of nitrogens with one attached hydrogen (secondary N) is 1. The van der Waals surface area contributed by atoms with Gasteiger partial charge in [-0.05, 0) is 38.0 Å². The minimum absolute atomic E-state index is 0.126. The van der Waals surface area contributed by atoms with Crippen LogP contribution in [0.25, 0.3) is 0 Å². The van der Waals surface area contributed by atoms with Gasteiger partial charge in [0.25, 0.3) is 0 Å². The summed E-state index contributed by atoms with van der Waals surface area (Å²) in [5.74, 6) is 0.0865. The van der Waals surface area contributed by atoms with Gasteiger partial charge in [-0.2, -0.15) is 0 Å². The Bertz CT molecular complexity index is 545. The minimum atomic E-state index is -0.126.